The molecule has 0 saturated heterocycles. The van der Waals surface area contributed by atoms with E-state index in [0.717, 1.165) is 22.6 Å². The SMILES string of the molecule is Cc1cc(-c2c(C)nc3c(OCc4c(F)cccc4F)cccn23)ccn1. The monoisotopic (exact) mass is 365 g/mol. The van der Waals surface area contributed by atoms with Gasteiger partial charge in [0.2, 0.25) is 0 Å². The zero-order valence-corrected chi connectivity index (χ0v) is 14.9. The molecule has 0 radical (unpaired) electrons. The van der Waals surface area contributed by atoms with Gasteiger partial charge in [-0.2, -0.15) is 0 Å². The van der Waals surface area contributed by atoms with E-state index in [1.54, 1.807) is 12.3 Å². The lowest BCUT2D eigenvalue weighted by Gasteiger charge is -2.10. The van der Waals surface area contributed by atoms with Gasteiger partial charge in [-0.25, -0.2) is 13.8 Å². The van der Waals surface area contributed by atoms with Crippen LogP contribution in [0.1, 0.15) is 17.0 Å². The van der Waals surface area contributed by atoms with Crippen LogP contribution in [-0.2, 0) is 6.61 Å². The second-order valence-electron chi connectivity index (χ2n) is 6.29. The fraction of sp³-hybridized carbons (Fsp3) is 0.143. The highest BCUT2D eigenvalue weighted by Crippen LogP contribution is 2.29. The molecule has 0 aliphatic carbocycles. The Bertz CT molecular complexity index is 1120. The Labute approximate surface area is 155 Å². The molecule has 3 heterocycles. The highest BCUT2D eigenvalue weighted by atomic mass is 19.1. The Kier molecular flexibility index (Phi) is 4.32. The maximum atomic E-state index is 13.8. The molecule has 4 nitrogen and oxygen atoms in total. The second-order valence-corrected chi connectivity index (χ2v) is 6.29. The number of benzene rings is 1. The van der Waals surface area contributed by atoms with E-state index in [1.165, 1.54) is 18.2 Å². The third kappa shape index (κ3) is 3.14. The summed E-state index contributed by atoms with van der Waals surface area (Å²) in [6.45, 7) is 3.63. The van der Waals surface area contributed by atoms with Crippen molar-refractivity contribution < 1.29 is 13.5 Å². The Balaban J connectivity index is 1.74. The van der Waals surface area contributed by atoms with Crippen LogP contribution in [0.2, 0.25) is 0 Å². The van der Waals surface area contributed by atoms with E-state index in [-0.39, 0.29) is 12.2 Å². The molecule has 0 amide bonds. The van der Waals surface area contributed by atoms with Crippen molar-refractivity contribution in [3.05, 3.63) is 83.4 Å². The summed E-state index contributed by atoms with van der Waals surface area (Å²) in [6, 6.07) is 11.2. The van der Waals surface area contributed by atoms with Gasteiger partial charge in [-0.15, -0.1) is 0 Å². The van der Waals surface area contributed by atoms with Crippen LogP contribution in [0, 0.1) is 25.5 Å². The summed E-state index contributed by atoms with van der Waals surface area (Å²) >= 11 is 0. The molecule has 0 bridgehead atoms. The van der Waals surface area contributed by atoms with Crippen LogP contribution in [-0.4, -0.2) is 14.4 Å². The van der Waals surface area contributed by atoms with Crippen molar-refractivity contribution in [1.29, 1.82) is 0 Å². The van der Waals surface area contributed by atoms with E-state index in [4.69, 9.17) is 4.74 Å². The Morgan fingerprint density at radius 3 is 2.56 bits per heavy atom. The number of hydrogen-bond donors (Lipinski definition) is 0. The van der Waals surface area contributed by atoms with Gasteiger partial charge in [-0.1, -0.05) is 6.07 Å². The number of aromatic nitrogens is 3. The minimum Gasteiger partial charge on any atom is -0.485 e. The van der Waals surface area contributed by atoms with Gasteiger partial charge >= 0.3 is 0 Å². The Hall–Kier alpha value is -3.28. The molecule has 0 fully saturated rings. The number of aryl methyl sites for hydroxylation is 2. The zero-order valence-electron chi connectivity index (χ0n) is 14.9. The van der Waals surface area contributed by atoms with E-state index >= 15 is 0 Å². The summed E-state index contributed by atoms with van der Waals surface area (Å²) in [4.78, 5) is 8.84. The number of rotatable bonds is 4. The molecule has 0 atom stereocenters. The molecule has 0 aliphatic heterocycles. The summed E-state index contributed by atoms with van der Waals surface area (Å²) < 4.78 is 35.3. The molecule has 4 aromatic rings. The first-order chi connectivity index (χ1) is 13.0. The van der Waals surface area contributed by atoms with E-state index in [2.05, 4.69) is 9.97 Å². The van der Waals surface area contributed by atoms with Crippen LogP contribution < -0.4 is 4.74 Å². The quantitative estimate of drug-likeness (QED) is 0.518. The molecule has 6 heteroatoms. The highest BCUT2D eigenvalue weighted by molar-refractivity contribution is 5.70. The van der Waals surface area contributed by atoms with Gasteiger partial charge < -0.3 is 4.74 Å². The van der Waals surface area contributed by atoms with Crippen LogP contribution in [0.5, 0.6) is 5.75 Å². The first-order valence-corrected chi connectivity index (χ1v) is 8.51. The van der Waals surface area contributed by atoms with Gasteiger partial charge in [0, 0.05) is 23.7 Å². The van der Waals surface area contributed by atoms with Crippen LogP contribution in [0.25, 0.3) is 16.9 Å². The topological polar surface area (TPSA) is 39.4 Å². The van der Waals surface area contributed by atoms with E-state index in [0.29, 0.717) is 11.4 Å². The van der Waals surface area contributed by atoms with Crippen molar-refractivity contribution in [1.82, 2.24) is 14.4 Å². The van der Waals surface area contributed by atoms with E-state index in [9.17, 15) is 8.78 Å². The van der Waals surface area contributed by atoms with Crippen molar-refractivity contribution in [2.75, 3.05) is 0 Å². The second kappa shape index (κ2) is 6.79. The molecule has 1 aromatic carbocycles. The van der Waals surface area contributed by atoms with Crippen LogP contribution >= 0.6 is 0 Å². The van der Waals surface area contributed by atoms with Crippen molar-refractivity contribution in [3.8, 4) is 17.0 Å². The normalized spacial score (nSPS) is 11.1. The van der Waals surface area contributed by atoms with Crippen molar-refractivity contribution in [3.63, 3.8) is 0 Å². The summed E-state index contributed by atoms with van der Waals surface area (Å²) in [5.74, 6) is -0.802. The molecule has 136 valence electrons. The van der Waals surface area contributed by atoms with Crippen LogP contribution in [0.3, 0.4) is 0 Å². The van der Waals surface area contributed by atoms with Gasteiger partial charge in [0.1, 0.15) is 18.2 Å². The molecule has 0 saturated carbocycles. The molecule has 0 spiro atoms. The van der Waals surface area contributed by atoms with Crippen molar-refractivity contribution in [2.24, 2.45) is 0 Å². The van der Waals surface area contributed by atoms with E-state index in [1.807, 2.05) is 42.6 Å². The van der Waals surface area contributed by atoms with E-state index < -0.39 is 11.6 Å². The minimum atomic E-state index is -0.630. The first-order valence-electron chi connectivity index (χ1n) is 8.51. The molecule has 4 rings (SSSR count). The predicted octanol–water partition coefficient (Wildman–Crippen LogP) is 4.87. The Morgan fingerprint density at radius 2 is 1.81 bits per heavy atom. The molecule has 0 N–H and O–H groups in total. The molecule has 3 aromatic heterocycles. The largest absolute Gasteiger partial charge is 0.485 e. The molecule has 0 aliphatic rings. The molecule has 27 heavy (non-hydrogen) atoms. The number of halogens is 2. The Morgan fingerprint density at radius 1 is 1.04 bits per heavy atom. The van der Waals surface area contributed by atoms with Crippen molar-refractivity contribution >= 4 is 5.65 Å². The average Bonchev–Trinajstić information content (AvgIpc) is 2.98. The summed E-state index contributed by atoms with van der Waals surface area (Å²) in [6.07, 6.45) is 3.64. The lowest BCUT2D eigenvalue weighted by atomic mass is 10.1. The standard InChI is InChI=1S/C21H17F2N3O/c1-13-11-15(8-9-24-13)20-14(2)25-21-19(7-4-10-26(20)21)27-12-16-17(22)5-3-6-18(16)23/h3-11H,12H2,1-2H3. The summed E-state index contributed by atoms with van der Waals surface area (Å²) in [5, 5.41) is 0. The fourth-order valence-electron chi connectivity index (χ4n) is 3.13. The molecule has 0 unspecified atom stereocenters. The van der Waals surface area contributed by atoms with Gasteiger partial charge in [-0.05, 0) is 50.2 Å². The molecular weight excluding hydrogens is 348 g/mol. The smallest absolute Gasteiger partial charge is 0.180 e. The number of pyridine rings is 2. The lowest BCUT2D eigenvalue weighted by Crippen LogP contribution is -2.03. The maximum absolute atomic E-state index is 13.8. The average molecular weight is 365 g/mol. The van der Waals surface area contributed by atoms with Crippen molar-refractivity contribution in [2.45, 2.75) is 20.5 Å². The summed E-state index contributed by atoms with van der Waals surface area (Å²) in [7, 11) is 0. The third-order valence-electron chi connectivity index (χ3n) is 4.39. The number of ether oxygens (including phenoxy) is 1. The predicted molar refractivity (Wildman–Crippen MR) is 98.6 cm³/mol. The number of nitrogens with zero attached hydrogens (tertiary/aromatic N) is 3. The number of fused-ring (bicyclic) bond motifs is 1. The maximum Gasteiger partial charge on any atom is 0.180 e. The van der Waals surface area contributed by atoms with Crippen LogP contribution in [0.4, 0.5) is 8.78 Å². The van der Waals surface area contributed by atoms with Gasteiger partial charge in [-0.3, -0.25) is 9.38 Å². The number of hydrogen-bond acceptors (Lipinski definition) is 3. The number of imidazole rings is 1. The molecular formula is C21H17F2N3O. The van der Waals surface area contributed by atoms with Gasteiger partial charge in [0.05, 0.1) is 17.0 Å². The van der Waals surface area contributed by atoms with Crippen LogP contribution in [0.15, 0.2) is 54.9 Å². The first kappa shape index (κ1) is 17.1. The van der Waals surface area contributed by atoms with Gasteiger partial charge in [0.25, 0.3) is 0 Å². The lowest BCUT2D eigenvalue weighted by molar-refractivity contribution is 0.294. The van der Waals surface area contributed by atoms with Gasteiger partial charge in [0.15, 0.2) is 11.4 Å². The highest BCUT2D eigenvalue weighted by Gasteiger charge is 2.16. The minimum absolute atomic E-state index is 0.104. The zero-order chi connectivity index (χ0) is 19.0. The third-order valence-corrected chi connectivity index (χ3v) is 4.39. The summed E-state index contributed by atoms with van der Waals surface area (Å²) in [5.41, 5.74) is 4.14. The fourth-order valence-corrected chi connectivity index (χ4v) is 3.13.